The fourth-order valence-corrected chi connectivity index (χ4v) is 3.73. The highest BCUT2D eigenvalue weighted by Gasteiger charge is 2.34. The lowest BCUT2D eigenvalue weighted by Gasteiger charge is -2.40. The van der Waals surface area contributed by atoms with Crippen LogP contribution in [-0.4, -0.2) is 83.3 Å². The molecule has 0 aromatic carbocycles. The van der Waals surface area contributed by atoms with Gasteiger partial charge in [-0.05, 0) is 38.8 Å². The number of amides is 2. The topological polar surface area (TPSA) is 72.5 Å². The molecule has 2 saturated heterocycles. The zero-order valence-electron chi connectivity index (χ0n) is 14.8. The number of hydrogen-bond acceptors (Lipinski definition) is 4. The van der Waals surface area contributed by atoms with Crippen LogP contribution in [0.1, 0.15) is 47.9 Å². The third-order valence-electron chi connectivity index (χ3n) is 5.22. The second-order valence-electron chi connectivity index (χ2n) is 7.11. The van der Waals surface area contributed by atoms with E-state index in [0.29, 0.717) is 11.6 Å². The molecule has 2 amide bonds. The van der Waals surface area contributed by atoms with Crippen LogP contribution in [-0.2, 0) is 4.79 Å². The lowest BCUT2D eigenvalue weighted by Crippen LogP contribution is -2.53. The van der Waals surface area contributed by atoms with Gasteiger partial charge in [-0.2, -0.15) is 0 Å². The quantitative estimate of drug-likeness (QED) is 0.892. The van der Waals surface area contributed by atoms with E-state index in [2.05, 4.69) is 14.9 Å². The number of likely N-dealkylation sites (tertiary alicyclic amines) is 2. The van der Waals surface area contributed by atoms with Crippen LogP contribution in [0.4, 0.5) is 0 Å². The van der Waals surface area contributed by atoms with Crippen LogP contribution in [0, 0.1) is 0 Å². The third-order valence-corrected chi connectivity index (χ3v) is 5.22. The normalized spacial score (nSPS) is 23.5. The van der Waals surface area contributed by atoms with Crippen LogP contribution in [0.25, 0.3) is 0 Å². The Labute approximate surface area is 143 Å². The molecule has 7 nitrogen and oxygen atoms in total. The van der Waals surface area contributed by atoms with Gasteiger partial charge in [-0.1, -0.05) is 0 Å². The number of imidazole rings is 1. The van der Waals surface area contributed by atoms with Crippen LogP contribution < -0.4 is 0 Å². The van der Waals surface area contributed by atoms with Crippen molar-refractivity contribution in [2.75, 3.05) is 40.8 Å². The largest absolute Gasteiger partial charge is 0.344 e. The van der Waals surface area contributed by atoms with E-state index in [1.807, 2.05) is 11.9 Å². The Morgan fingerprint density at radius 1 is 1.25 bits per heavy atom. The minimum atomic E-state index is -0.0537. The number of aromatic nitrogens is 2. The van der Waals surface area contributed by atoms with E-state index >= 15 is 0 Å². The molecule has 0 spiro atoms. The lowest BCUT2D eigenvalue weighted by atomic mass is 9.93. The summed E-state index contributed by atoms with van der Waals surface area (Å²) in [6.07, 6.45) is 5.62. The van der Waals surface area contributed by atoms with E-state index in [0.717, 1.165) is 51.1 Å². The van der Waals surface area contributed by atoms with Crippen molar-refractivity contribution in [2.45, 2.75) is 37.6 Å². The number of aromatic amines is 1. The number of carbonyl (C=O) groups excluding carboxylic acids is 2. The van der Waals surface area contributed by atoms with E-state index in [4.69, 9.17) is 0 Å². The summed E-state index contributed by atoms with van der Waals surface area (Å²) in [5, 5.41) is 0. The van der Waals surface area contributed by atoms with E-state index in [1.165, 1.54) is 0 Å². The summed E-state index contributed by atoms with van der Waals surface area (Å²) in [4.78, 5) is 37.6. The monoisotopic (exact) mass is 333 g/mol. The molecule has 3 heterocycles. The van der Waals surface area contributed by atoms with Crippen molar-refractivity contribution >= 4 is 11.8 Å². The van der Waals surface area contributed by atoms with Crippen molar-refractivity contribution in [1.29, 1.82) is 0 Å². The van der Waals surface area contributed by atoms with Crippen LogP contribution in [0.15, 0.2) is 6.20 Å². The molecule has 1 aromatic rings. The Hall–Kier alpha value is -1.89. The Kier molecular flexibility index (Phi) is 4.89. The molecule has 0 saturated carbocycles. The van der Waals surface area contributed by atoms with Gasteiger partial charge < -0.3 is 14.8 Å². The molecule has 24 heavy (non-hydrogen) atoms. The highest BCUT2D eigenvalue weighted by molar-refractivity contribution is 5.91. The highest BCUT2D eigenvalue weighted by Crippen LogP contribution is 2.29. The predicted molar refractivity (Wildman–Crippen MR) is 90.8 cm³/mol. The average Bonchev–Trinajstić information content (AvgIpc) is 3.06. The number of hydrogen-bond donors (Lipinski definition) is 1. The smallest absolute Gasteiger partial charge is 0.271 e. The van der Waals surface area contributed by atoms with Crippen molar-refractivity contribution in [1.82, 2.24) is 24.7 Å². The van der Waals surface area contributed by atoms with Crippen molar-refractivity contribution < 1.29 is 9.59 Å². The van der Waals surface area contributed by atoms with Gasteiger partial charge in [0.15, 0.2) is 0 Å². The van der Waals surface area contributed by atoms with Gasteiger partial charge >= 0.3 is 0 Å². The first kappa shape index (κ1) is 17.0. The van der Waals surface area contributed by atoms with Crippen molar-refractivity contribution in [2.24, 2.45) is 0 Å². The molecule has 1 N–H and O–H groups in total. The van der Waals surface area contributed by atoms with Crippen molar-refractivity contribution in [3.05, 3.63) is 17.7 Å². The summed E-state index contributed by atoms with van der Waals surface area (Å²) in [7, 11) is 5.37. The van der Waals surface area contributed by atoms with E-state index in [9.17, 15) is 9.59 Å². The first-order valence-corrected chi connectivity index (χ1v) is 8.73. The summed E-state index contributed by atoms with van der Waals surface area (Å²) >= 11 is 0. The van der Waals surface area contributed by atoms with Gasteiger partial charge in [-0.3, -0.25) is 14.5 Å². The van der Waals surface area contributed by atoms with Gasteiger partial charge in [0, 0.05) is 33.6 Å². The molecule has 1 aromatic heterocycles. The average molecular weight is 333 g/mol. The molecule has 1 atom stereocenters. The van der Waals surface area contributed by atoms with E-state index in [1.54, 1.807) is 25.2 Å². The molecule has 3 rings (SSSR count). The van der Waals surface area contributed by atoms with Crippen LogP contribution in [0.2, 0.25) is 0 Å². The summed E-state index contributed by atoms with van der Waals surface area (Å²) in [6, 6.07) is 0.0483. The highest BCUT2D eigenvalue weighted by atomic mass is 16.2. The van der Waals surface area contributed by atoms with Crippen LogP contribution in [0.5, 0.6) is 0 Å². The van der Waals surface area contributed by atoms with Gasteiger partial charge in [0.25, 0.3) is 5.91 Å². The number of piperidine rings is 2. The standard InChI is InChI=1S/C17H27N5O2/c1-20(2)16(23)13-11-18-15(19-13)12-6-9-22(10-7-12)14-5-4-8-21(3)17(14)24/h11-12,14H,4-10H2,1-3H3,(H,18,19). The summed E-state index contributed by atoms with van der Waals surface area (Å²) in [6.45, 7) is 2.69. The number of nitrogens with zero attached hydrogens (tertiary/aromatic N) is 4. The summed E-state index contributed by atoms with van der Waals surface area (Å²) < 4.78 is 0. The van der Waals surface area contributed by atoms with Gasteiger partial charge in [0.1, 0.15) is 11.5 Å². The maximum atomic E-state index is 12.3. The van der Waals surface area contributed by atoms with Crippen molar-refractivity contribution in [3.63, 3.8) is 0 Å². The molecule has 7 heteroatoms. The number of rotatable bonds is 3. The Balaban J connectivity index is 1.59. The fourth-order valence-electron chi connectivity index (χ4n) is 3.73. The number of nitrogens with one attached hydrogen (secondary N) is 1. The molecular weight excluding hydrogens is 306 g/mol. The van der Waals surface area contributed by atoms with Gasteiger partial charge in [0.05, 0.1) is 12.2 Å². The first-order valence-electron chi connectivity index (χ1n) is 8.73. The zero-order chi connectivity index (χ0) is 17.3. The van der Waals surface area contributed by atoms with Gasteiger partial charge in [-0.15, -0.1) is 0 Å². The number of carbonyl (C=O) groups is 2. The molecule has 0 aliphatic carbocycles. The first-order chi connectivity index (χ1) is 11.5. The van der Waals surface area contributed by atoms with E-state index in [-0.39, 0.29) is 17.9 Å². The molecule has 0 bridgehead atoms. The van der Waals surface area contributed by atoms with Crippen LogP contribution in [0.3, 0.4) is 0 Å². The van der Waals surface area contributed by atoms with Crippen molar-refractivity contribution in [3.8, 4) is 0 Å². The molecule has 2 aliphatic heterocycles. The summed E-state index contributed by atoms with van der Waals surface area (Å²) in [5.41, 5.74) is 0.543. The van der Waals surface area contributed by atoms with E-state index < -0.39 is 0 Å². The zero-order valence-corrected chi connectivity index (χ0v) is 14.8. The molecule has 132 valence electrons. The second kappa shape index (κ2) is 6.93. The Morgan fingerprint density at radius 2 is 1.96 bits per heavy atom. The minimum absolute atomic E-state index is 0.0483. The summed E-state index contributed by atoms with van der Waals surface area (Å²) in [5.74, 6) is 1.44. The maximum Gasteiger partial charge on any atom is 0.271 e. The molecule has 2 aliphatic rings. The van der Waals surface area contributed by atoms with Crippen LogP contribution >= 0.6 is 0 Å². The lowest BCUT2D eigenvalue weighted by molar-refractivity contribution is -0.139. The predicted octanol–water partition coefficient (Wildman–Crippen LogP) is 0.912. The number of likely N-dealkylation sites (N-methyl/N-ethyl adjacent to an activating group) is 1. The Bertz CT molecular complexity index is 604. The fraction of sp³-hybridized carbons (Fsp3) is 0.706. The molecule has 0 radical (unpaired) electrons. The molecular formula is C17H27N5O2. The maximum absolute atomic E-state index is 12.3. The minimum Gasteiger partial charge on any atom is -0.344 e. The SMILES string of the molecule is CN(C)C(=O)c1cnc(C2CCN(C3CCCN(C)C3=O)CC2)[nH]1. The van der Waals surface area contributed by atoms with Gasteiger partial charge in [0.2, 0.25) is 5.91 Å². The Morgan fingerprint density at radius 3 is 2.62 bits per heavy atom. The molecule has 1 unspecified atom stereocenters. The third kappa shape index (κ3) is 3.31. The second-order valence-corrected chi connectivity index (χ2v) is 7.11. The van der Waals surface area contributed by atoms with Gasteiger partial charge in [-0.25, -0.2) is 4.98 Å². The number of H-pyrrole nitrogens is 1. The molecule has 2 fully saturated rings.